The first-order valence-corrected chi connectivity index (χ1v) is 12.3. The van der Waals surface area contributed by atoms with E-state index in [1.54, 1.807) is 59.1 Å². The minimum atomic E-state index is -4.50. The molecule has 4 rings (SSSR count). The van der Waals surface area contributed by atoms with Gasteiger partial charge in [-0.2, -0.15) is 13.2 Å². The molecule has 2 atom stereocenters. The number of esters is 1. The highest BCUT2D eigenvalue weighted by atomic mass is 19.4. The van der Waals surface area contributed by atoms with E-state index >= 15 is 0 Å². The van der Waals surface area contributed by atoms with Crippen molar-refractivity contribution in [3.63, 3.8) is 0 Å². The third kappa shape index (κ3) is 6.01. The highest BCUT2D eigenvalue weighted by Crippen LogP contribution is 2.55. The van der Waals surface area contributed by atoms with Gasteiger partial charge in [-0.3, -0.25) is 9.59 Å². The quantitative estimate of drug-likeness (QED) is 0.320. The third-order valence-electron chi connectivity index (χ3n) is 6.22. The predicted octanol–water partition coefficient (Wildman–Crippen LogP) is 6.76. The Balaban J connectivity index is 1.59. The average molecular weight is 526 g/mol. The van der Waals surface area contributed by atoms with Crippen LogP contribution in [-0.2, 0) is 20.5 Å². The molecule has 0 N–H and O–H groups in total. The first kappa shape index (κ1) is 27.2. The molecule has 0 spiro atoms. The number of fused-ring (bicyclic) bond motifs is 1. The van der Waals surface area contributed by atoms with Crippen LogP contribution in [0.4, 0.5) is 13.2 Å². The van der Waals surface area contributed by atoms with Crippen molar-refractivity contribution >= 4 is 11.9 Å². The molecule has 1 amide bonds. The second-order valence-corrected chi connectivity index (χ2v) is 10.5. The van der Waals surface area contributed by atoms with Crippen LogP contribution >= 0.6 is 0 Å². The third-order valence-corrected chi connectivity index (χ3v) is 6.22. The van der Waals surface area contributed by atoms with Crippen molar-refractivity contribution in [2.24, 2.45) is 0 Å². The van der Waals surface area contributed by atoms with Crippen molar-refractivity contribution in [1.82, 2.24) is 4.90 Å². The predicted molar refractivity (Wildman–Crippen MR) is 138 cm³/mol. The van der Waals surface area contributed by atoms with Crippen LogP contribution in [0.1, 0.15) is 61.5 Å². The lowest BCUT2D eigenvalue weighted by molar-refractivity contribution is -0.158. The Morgan fingerprint density at radius 3 is 2.08 bits per heavy atom. The number of alkyl halides is 3. The van der Waals surface area contributed by atoms with Gasteiger partial charge in [0.2, 0.25) is 5.91 Å². The number of carbonyl (C=O) groups is 2. The van der Waals surface area contributed by atoms with Crippen LogP contribution in [0.2, 0.25) is 0 Å². The van der Waals surface area contributed by atoms with Gasteiger partial charge in [0.15, 0.2) is 6.10 Å². The van der Waals surface area contributed by atoms with Crippen molar-refractivity contribution in [2.45, 2.75) is 51.0 Å². The van der Waals surface area contributed by atoms with E-state index < -0.39 is 35.3 Å². The zero-order valence-corrected chi connectivity index (χ0v) is 21.9. The number of carbonyl (C=O) groups excluding carboxylic acids is 2. The van der Waals surface area contributed by atoms with E-state index in [0.29, 0.717) is 22.4 Å². The van der Waals surface area contributed by atoms with Crippen LogP contribution in [0.25, 0.3) is 11.1 Å². The van der Waals surface area contributed by atoms with Gasteiger partial charge in [-0.1, -0.05) is 48.5 Å². The number of ether oxygens (including phenoxy) is 2. The molecule has 1 aliphatic rings. The molecule has 3 aromatic rings. The number of hydrogen-bond acceptors (Lipinski definition) is 4. The minimum Gasteiger partial charge on any atom is -0.481 e. The number of halogens is 3. The van der Waals surface area contributed by atoms with E-state index in [4.69, 9.17) is 9.47 Å². The Morgan fingerprint density at radius 1 is 0.895 bits per heavy atom. The fourth-order valence-corrected chi connectivity index (χ4v) is 4.34. The SMILES string of the molecule is CN(C)C(=O)CC(C(=O)OC(C)(C)C)c1ccc(OC2c3c(-c4ccccc4)ccc(C(F)(F)F)c32)cc1. The topological polar surface area (TPSA) is 55.8 Å². The lowest BCUT2D eigenvalue weighted by Crippen LogP contribution is -2.31. The van der Waals surface area contributed by atoms with E-state index in [1.165, 1.54) is 11.0 Å². The molecule has 0 heterocycles. The first-order valence-electron chi connectivity index (χ1n) is 12.3. The van der Waals surface area contributed by atoms with E-state index in [2.05, 4.69) is 0 Å². The van der Waals surface area contributed by atoms with Crippen molar-refractivity contribution in [3.8, 4) is 16.9 Å². The maximum Gasteiger partial charge on any atom is 0.416 e. The van der Waals surface area contributed by atoms with Crippen molar-refractivity contribution in [3.05, 3.63) is 89.0 Å². The van der Waals surface area contributed by atoms with E-state index in [-0.39, 0.29) is 17.9 Å². The number of rotatable bonds is 7. The van der Waals surface area contributed by atoms with Gasteiger partial charge in [-0.15, -0.1) is 0 Å². The lowest BCUT2D eigenvalue weighted by Gasteiger charge is -2.25. The van der Waals surface area contributed by atoms with Crippen LogP contribution in [0.5, 0.6) is 5.75 Å². The highest BCUT2D eigenvalue weighted by molar-refractivity contribution is 5.86. The number of hydrogen-bond donors (Lipinski definition) is 0. The molecule has 200 valence electrons. The molecule has 38 heavy (non-hydrogen) atoms. The van der Waals surface area contributed by atoms with Crippen molar-refractivity contribution < 1.29 is 32.2 Å². The zero-order valence-electron chi connectivity index (χ0n) is 21.9. The van der Waals surface area contributed by atoms with Crippen LogP contribution in [0.15, 0.2) is 66.7 Å². The Kier molecular flexibility index (Phi) is 7.28. The lowest BCUT2D eigenvalue weighted by atomic mass is 9.94. The molecule has 2 unspecified atom stereocenters. The fraction of sp³-hybridized carbons (Fsp3) is 0.333. The van der Waals surface area contributed by atoms with Crippen molar-refractivity contribution in [2.75, 3.05) is 14.1 Å². The fourth-order valence-electron chi connectivity index (χ4n) is 4.34. The van der Waals surface area contributed by atoms with E-state index in [0.717, 1.165) is 11.6 Å². The molecular formula is C30H30F3NO4. The molecule has 8 heteroatoms. The van der Waals surface area contributed by atoms with Crippen LogP contribution in [0, 0.1) is 0 Å². The van der Waals surface area contributed by atoms with Gasteiger partial charge >= 0.3 is 12.1 Å². The number of nitrogens with zero attached hydrogens (tertiary/aromatic N) is 1. The van der Waals surface area contributed by atoms with Gasteiger partial charge in [0.25, 0.3) is 0 Å². The summed E-state index contributed by atoms with van der Waals surface area (Å²) >= 11 is 0. The Morgan fingerprint density at radius 2 is 1.53 bits per heavy atom. The Hall–Kier alpha value is -3.81. The average Bonchev–Trinajstić information content (AvgIpc) is 3.54. The van der Waals surface area contributed by atoms with Gasteiger partial charge < -0.3 is 14.4 Å². The highest BCUT2D eigenvalue weighted by Gasteiger charge is 2.48. The van der Waals surface area contributed by atoms with Gasteiger partial charge in [-0.25, -0.2) is 0 Å². The summed E-state index contributed by atoms with van der Waals surface area (Å²) in [6.45, 7) is 5.25. The molecule has 0 saturated heterocycles. The largest absolute Gasteiger partial charge is 0.481 e. The molecule has 0 saturated carbocycles. The second kappa shape index (κ2) is 10.2. The summed E-state index contributed by atoms with van der Waals surface area (Å²) in [6, 6.07) is 18.3. The van der Waals surface area contributed by atoms with Gasteiger partial charge in [-0.05, 0) is 55.7 Å². The number of benzene rings is 3. The summed E-state index contributed by atoms with van der Waals surface area (Å²) in [5, 5.41) is 0. The summed E-state index contributed by atoms with van der Waals surface area (Å²) in [7, 11) is 3.22. The maximum absolute atomic E-state index is 13.7. The van der Waals surface area contributed by atoms with Crippen LogP contribution in [0.3, 0.4) is 0 Å². The van der Waals surface area contributed by atoms with E-state index in [9.17, 15) is 22.8 Å². The maximum atomic E-state index is 13.7. The van der Waals surface area contributed by atoms with Crippen LogP contribution < -0.4 is 4.74 Å². The summed E-state index contributed by atoms with van der Waals surface area (Å²) in [5.41, 5.74) is 1.26. The van der Waals surface area contributed by atoms with Gasteiger partial charge in [0.05, 0.1) is 11.5 Å². The van der Waals surface area contributed by atoms with E-state index in [1.807, 2.05) is 30.3 Å². The summed E-state index contributed by atoms with van der Waals surface area (Å²) in [6.07, 6.45) is -5.41. The molecule has 0 aromatic heterocycles. The minimum absolute atomic E-state index is 0.0778. The molecule has 1 aliphatic carbocycles. The molecule has 0 fully saturated rings. The summed E-state index contributed by atoms with van der Waals surface area (Å²) < 4.78 is 52.6. The zero-order chi connectivity index (χ0) is 27.8. The first-order chi connectivity index (χ1) is 17.8. The van der Waals surface area contributed by atoms with Crippen LogP contribution in [-0.4, -0.2) is 36.5 Å². The molecule has 3 aromatic carbocycles. The Labute approximate surface area is 220 Å². The van der Waals surface area contributed by atoms with Crippen molar-refractivity contribution in [1.29, 1.82) is 0 Å². The standard InChI is InChI=1S/C30H30F3NO4/c1-29(2,3)38-28(36)22(17-24(35)34(4)5)19-11-13-20(14-12-19)37-27-25-21(18-9-7-6-8-10-18)15-16-23(26(25)27)30(31,32)33/h6-16,22,27H,17H2,1-5H3. The molecular weight excluding hydrogens is 495 g/mol. The van der Waals surface area contributed by atoms with Gasteiger partial charge in [0, 0.05) is 31.6 Å². The summed E-state index contributed by atoms with van der Waals surface area (Å²) in [4.78, 5) is 26.7. The normalized spacial score (nSPS) is 15.3. The van der Waals surface area contributed by atoms with Gasteiger partial charge in [0.1, 0.15) is 11.4 Å². The molecule has 0 bridgehead atoms. The smallest absolute Gasteiger partial charge is 0.416 e. The molecule has 0 aliphatic heterocycles. The Bertz CT molecular complexity index is 1330. The summed E-state index contributed by atoms with van der Waals surface area (Å²) in [5.74, 6) is -1.25. The molecule has 5 nitrogen and oxygen atoms in total. The number of amides is 1. The second-order valence-electron chi connectivity index (χ2n) is 10.5. The molecule has 0 radical (unpaired) electrons. The monoisotopic (exact) mass is 525 g/mol.